The highest BCUT2D eigenvalue weighted by Crippen LogP contribution is 2.18. The molecule has 84 valence electrons. The Morgan fingerprint density at radius 1 is 1.20 bits per heavy atom. The maximum atomic E-state index is 3.51. The molecular formula is C13H20BrN. The second-order valence-corrected chi connectivity index (χ2v) is 5.44. The molecule has 0 aromatic heterocycles. The minimum Gasteiger partial charge on any atom is -0.383 e. The van der Waals surface area contributed by atoms with Crippen molar-refractivity contribution in [2.45, 2.75) is 39.7 Å². The van der Waals surface area contributed by atoms with Gasteiger partial charge in [0.2, 0.25) is 0 Å². The molecule has 1 rings (SSSR count). The number of halogens is 1. The summed E-state index contributed by atoms with van der Waals surface area (Å²) >= 11 is 3.47. The highest BCUT2D eigenvalue weighted by Gasteiger charge is 2.03. The van der Waals surface area contributed by atoms with Crippen LogP contribution in [0, 0.1) is 5.92 Å². The first-order chi connectivity index (χ1) is 7.08. The summed E-state index contributed by atoms with van der Waals surface area (Å²) in [6, 6.07) is 8.87. The van der Waals surface area contributed by atoms with Crippen molar-refractivity contribution in [3.63, 3.8) is 0 Å². The molecule has 0 heterocycles. The van der Waals surface area contributed by atoms with Crippen molar-refractivity contribution in [2.75, 3.05) is 5.32 Å². The summed E-state index contributed by atoms with van der Waals surface area (Å²) in [4.78, 5) is 0. The van der Waals surface area contributed by atoms with Crippen molar-refractivity contribution in [1.29, 1.82) is 0 Å². The van der Waals surface area contributed by atoms with Gasteiger partial charge in [0, 0.05) is 16.2 Å². The average molecular weight is 270 g/mol. The Labute approximate surface area is 101 Å². The molecule has 0 aliphatic heterocycles. The van der Waals surface area contributed by atoms with E-state index < -0.39 is 0 Å². The molecule has 0 saturated heterocycles. The van der Waals surface area contributed by atoms with Gasteiger partial charge >= 0.3 is 0 Å². The summed E-state index contributed by atoms with van der Waals surface area (Å²) in [5.41, 5.74) is 1.20. The fourth-order valence-electron chi connectivity index (χ4n) is 1.52. The van der Waals surface area contributed by atoms with Crippen LogP contribution >= 0.6 is 15.9 Å². The van der Waals surface area contributed by atoms with Crippen LogP contribution in [0.5, 0.6) is 0 Å². The van der Waals surface area contributed by atoms with E-state index in [9.17, 15) is 0 Å². The smallest absolute Gasteiger partial charge is 0.0353 e. The highest BCUT2D eigenvalue weighted by molar-refractivity contribution is 9.10. The topological polar surface area (TPSA) is 12.0 Å². The molecule has 0 bridgehead atoms. The lowest BCUT2D eigenvalue weighted by Gasteiger charge is -2.16. The molecule has 0 amide bonds. The van der Waals surface area contributed by atoms with Crippen molar-refractivity contribution >= 4 is 21.6 Å². The Hall–Kier alpha value is -0.500. The van der Waals surface area contributed by atoms with Crippen molar-refractivity contribution < 1.29 is 0 Å². The third-order valence-electron chi connectivity index (χ3n) is 2.41. The molecule has 1 unspecified atom stereocenters. The van der Waals surface area contributed by atoms with E-state index >= 15 is 0 Å². The van der Waals surface area contributed by atoms with E-state index in [2.05, 4.69) is 60.2 Å². The summed E-state index contributed by atoms with van der Waals surface area (Å²) in [5.74, 6) is 0.789. The zero-order valence-corrected chi connectivity index (χ0v) is 11.3. The van der Waals surface area contributed by atoms with E-state index in [1.54, 1.807) is 0 Å². The lowest BCUT2D eigenvalue weighted by Crippen LogP contribution is -2.15. The zero-order valence-electron chi connectivity index (χ0n) is 9.76. The number of hydrogen-bond donors (Lipinski definition) is 1. The molecule has 0 radical (unpaired) electrons. The summed E-state index contributed by atoms with van der Waals surface area (Å²) in [7, 11) is 0. The number of anilines is 1. The van der Waals surface area contributed by atoms with Gasteiger partial charge < -0.3 is 5.32 Å². The molecule has 1 nitrogen and oxygen atoms in total. The molecular weight excluding hydrogens is 250 g/mol. The monoisotopic (exact) mass is 269 g/mol. The van der Waals surface area contributed by atoms with E-state index in [1.807, 2.05) is 6.07 Å². The first kappa shape index (κ1) is 12.6. The van der Waals surface area contributed by atoms with Crippen LogP contribution in [-0.2, 0) is 0 Å². The van der Waals surface area contributed by atoms with Gasteiger partial charge in [0.25, 0.3) is 0 Å². The zero-order chi connectivity index (χ0) is 11.3. The summed E-state index contributed by atoms with van der Waals surface area (Å²) in [6.07, 6.45) is 2.51. The Kier molecular flexibility index (Phi) is 5.16. The Balaban J connectivity index is 2.40. The number of hydrogen-bond acceptors (Lipinski definition) is 1. The van der Waals surface area contributed by atoms with E-state index in [0.717, 1.165) is 10.4 Å². The van der Waals surface area contributed by atoms with Crippen molar-refractivity contribution in [3.8, 4) is 0 Å². The molecule has 1 atom stereocenters. The maximum Gasteiger partial charge on any atom is 0.0353 e. The largest absolute Gasteiger partial charge is 0.383 e. The minimum absolute atomic E-state index is 0.543. The van der Waals surface area contributed by atoms with E-state index in [1.165, 1.54) is 18.5 Å². The molecule has 15 heavy (non-hydrogen) atoms. The minimum atomic E-state index is 0.543. The molecule has 1 aromatic carbocycles. The molecule has 0 saturated carbocycles. The van der Waals surface area contributed by atoms with Crippen LogP contribution in [0.1, 0.15) is 33.6 Å². The summed E-state index contributed by atoms with van der Waals surface area (Å²) in [6.45, 7) is 6.78. The average Bonchev–Trinajstić information content (AvgIpc) is 2.15. The van der Waals surface area contributed by atoms with Gasteiger partial charge in [-0.25, -0.2) is 0 Å². The van der Waals surface area contributed by atoms with Crippen LogP contribution in [-0.4, -0.2) is 6.04 Å². The number of nitrogens with one attached hydrogen (secondary N) is 1. The first-order valence-corrected chi connectivity index (χ1v) is 6.39. The SMILES string of the molecule is CC(C)CCC(C)Nc1cccc(Br)c1. The van der Waals surface area contributed by atoms with Gasteiger partial charge in [-0.3, -0.25) is 0 Å². The van der Waals surface area contributed by atoms with Crippen LogP contribution in [0.2, 0.25) is 0 Å². The normalized spacial score (nSPS) is 12.9. The van der Waals surface area contributed by atoms with Gasteiger partial charge in [-0.05, 0) is 43.9 Å². The fraction of sp³-hybridized carbons (Fsp3) is 0.538. The first-order valence-electron chi connectivity index (χ1n) is 5.60. The predicted octanol–water partition coefficient (Wildman–Crippen LogP) is 4.69. The Morgan fingerprint density at radius 3 is 2.53 bits per heavy atom. The fourth-order valence-corrected chi connectivity index (χ4v) is 1.92. The van der Waals surface area contributed by atoms with Gasteiger partial charge in [-0.1, -0.05) is 35.8 Å². The van der Waals surface area contributed by atoms with E-state index in [0.29, 0.717) is 6.04 Å². The molecule has 0 spiro atoms. The van der Waals surface area contributed by atoms with Crippen LogP contribution in [0.3, 0.4) is 0 Å². The van der Waals surface area contributed by atoms with Crippen molar-refractivity contribution in [1.82, 2.24) is 0 Å². The summed E-state index contributed by atoms with van der Waals surface area (Å²) in [5, 5.41) is 3.51. The van der Waals surface area contributed by atoms with Gasteiger partial charge in [-0.15, -0.1) is 0 Å². The van der Waals surface area contributed by atoms with Gasteiger partial charge in [0.15, 0.2) is 0 Å². The third kappa shape index (κ3) is 5.22. The molecule has 0 fully saturated rings. The summed E-state index contributed by atoms with van der Waals surface area (Å²) < 4.78 is 1.13. The van der Waals surface area contributed by atoms with Crippen LogP contribution < -0.4 is 5.32 Å². The van der Waals surface area contributed by atoms with E-state index in [-0.39, 0.29) is 0 Å². The van der Waals surface area contributed by atoms with Crippen LogP contribution in [0.4, 0.5) is 5.69 Å². The maximum absolute atomic E-state index is 3.51. The second-order valence-electron chi connectivity index (χ2n) is 4.53. The van der Waals surface area contributed by atoms with Gasteiger partial charge in [-0.2, -0.15) is 0 Å². The number of benzene rings is 1. The molecule has 2 heteroatoms. The second kappa shape index (κ2) is 6.16. The molecule has 0 aliphatic rings. The molecule has 0 aliphatic carbocycles. The highest BCUT2D eigenvalue weighted by atomic mass is 79.9. The Morgan fingerprint density at radius 2 is 1.93 bits per heavy atom. The van der Waals surface area contributed by atoms with Crippen LogP contribution in [0.25, 0.3) is 0 Å². The lowest BCUT2D eigenvalue weighted by atomic mass is 10.0. The van der Waals surface area contributed by atoms with Gasteiger partial charge in [0.1, 0.15) is 0 Å². The van der Waals surface area contributed by atoms with E-state index in [4.69, 9.17) is 0 Å². The number of rotatable bonds is 5. The molecule has 1 N–H and O–H groups in total. The van der Waals surface area contributed by atoms with Crippen molar-refractivity contribution in [3.05, 3.63) is 28.7 Å². The third-order valence-corrected chi connectivity index (χ3v) is 2.91. The Bertz CT molecular complexity index is 296. The van der Waals surface area contributed by atoms with Gasteiger partial charge in [0.05, 0.1) is 0 Å². The predicted molar refractivity (Wildman–Crippen MR) is 71.3 cm³/mol. The quantitative estimate of drug-likeness (QED) is 0.818. The molecule has 1 aromatic rings. The standard InChI is InChI=1S/C13H20BrN/c1-10(2)7-8-11(3)15-13-6-4-5-12(14)9-13/h4-6,9-11,15H,7-8H2,1-3H3. The van der Waals surface area contributed by atoms with Crippen LogP contribution in [0.15, 0.2) is 28.7 Å². The van der Waals surface area contributed by atoms with Crippen molar-refractivity contribution in [2.24, 2.45) is 5.92 Å². The lowest BCUT2D eigenvalue weighted by molar-refractivity contribution is 0.528.